The predicted molar refractivity (Wildman–Crippen MR) is 104 cm³/mol. The Labute approximate surface area is 161 Å². The molecule has 1 aliphatic rings. The first-order valence-electron chi connectivity index (χ1n) is 9.40. The van der Waals surface area contributed by atoms with Gasteiger partial charge in [0, 0.05) is 24.2 Å². The van der Waals surface area contributed by atoms with Gasteiger partial charge in [-0.2, -0.15) is 0 Å². The molecular formula is C21H30N2O4. The summed E-state index contributed by atoms with van der Waals surface area (Å²) < 4.78 is 5.18. The van der Waals surface area contributed by atoms with Crippen LogP contribution in [0.5, 0.6) is 0 Å². The Hall–Kier alpha value is -2.37. The maximum absolute atomic E-state index is 12.3. The van der Waals surface area contributed by atoms with Gasteiger partial charge in [-0.05, 0) is 49.9 Å². The van der Waals surface area contributed by atoms with Crippen molar-refractivity contribution >= 4 is 23.5 Å². The highest BCUT2D eigenvalue weighted by molar-refractivity contribution is 5.93. The van der Waals surface area contributed by atoms with E-state index >= 15 is 0 Å². The van der Waals surface area contributed by atoms with Gasteiger partial charge in [-0.3, -0.25) is 14.4 Å². The molecule has 0 saturated carbocycles. The fraction of sp³-hybridized carbons (Fsp3) is 0.571. The molecule has 2 amide bonds. The number of benzene rings is 1. The van der Waals surface area contributed by atoms with Crippen molar-refractivity contribution in [1.29, 1.82) is 0 Å². The lowest BCUT2D eigenvalue weighted by Crippen LogP contribution is -2.45. The van der Waals surface area contributed by atoms with E-state index in [2.05, 4.69) is 5.32 Å². The van der Waals surface area contributed by atoms with Crippen molar-refractivity contribution in [2.24, 2.45) is 11.3 Å². The third-order valence-corrected chi connectivity index (χ3v) is 4.61. The maximum atomic E-state index is 12.3. The molecule has 6 heteroatoms. The quantitative estimate of drug-likeness (QED) is 0.822. The Morgan fingerprint density at radius 1 is 1.07 bits per heavy atom. The lowest BCUT2D eigenvalue weighted by molar-refractivity contribution is -0.155. The number of esters is 1. The summed E-state index contributed by atoms with van der Waals surface area (Å²) in [6.07, 6.45) is 1.14. The summed E-state index contributed by atoms with van der Waals surface area (Å²) in [7, 11) is 0. The Morgan fingerprint density at radius 2 is 1.63 bits per heavy atom. The number of rotatable bonds is 4. The number of nitrogens with zero attached hydrogens (tertiary/aromatic N) is 1. The van der Waals surface area contributed by atoms with Crippen LogP contribution in [0.25, 0.3) is 0 Å². The van der Waals surface area contributed by atoms with Gasteiger partial charge in [-0.15, -0.1) is 0 Å². The lowest BCUT2D eigenvalue weighted by Gasteiger charge is -2.34. The van der Waals surface area contributed by atoms with Gasteiger partial charge >= 0.3 is 5.97 Å². The Bertz CT molecular complexity index is 693. The minimum Gasteiger partial charge on any atom is -0.455 e. The van der Waals surface area contributed by atoms with Crippen LogP contribution in [-0.2, 0) is 19.1 Å². The van der Waals surface area contributed by atoms with Crippen molar-refractivity contribution in [1.82, 2.24) is 4.90 Å². The van der Waals surface area contributed by atoms with E-state index in [1.807, 2.05) is 52.8 Å². The van der Waals surface area contributed by atoms with Gasteiger partial charge in [0.15, 0.2) is 6.61 Å². The average Bonchev–Trinajstić information content (AvgIpc) is 2.57. The van der Waals surface area contributed by atoms with Gasteiger partial charge in [0.1, 0.15) is 0 Å². The van der Waals surface area contributed by atoms with Gasteiger partial charge in [0.05, 0.1) is 5.92 Å². The van der Waals surface area contributed by atoms with Crippen molar-refractivity contribution in [2.75, 3.05) is 25.0 Å². The number of piperidine rings is 1. The number of amides is 2. The lowest BCUT2D eigenvalue weighted by atomic mass is 9.91. The Morgan fingerprint density at radius 3 is 2.15 bits per heavy atom. The van der Waals surface area contributed by atoms with Gasteiger partial charge < -0.3 is 15.0 Å². The molecular weight excluding hydrogens is 344 g/mol. The molecule has 27 heavy (non-hydrogen) atoms. The normalized spacial score (nSPS) is 15.4. The number of carbonyl (C=O) groups is 3. The molecule has 0 aliphatic carbocycles. The van der Waals surface area contributed by atoms with Gasteiger partial charge in [-0.25, -0.2) is 0 Å². The first-order chi connectivity index (χ1) is 12.6. The molecule has 1 aliphatic heterocycles. The summed E-state index contributed by atoms with van der Waals surface area (Å²) in [5, 5.41) is 2.75. The number of anilines is 1. The molecule has 0 bridgehead atoms. The Kier molecular flexibility index (Phi) is 6.63. The van der Waals surface area contributed by atoms with Crippen molar-refractivity contribution in [3.8, 4) is 0 Å². The summed E-state index contributed by atoms with van der Waals surface area (Å²) >= 11 is 0. The molecule has 0 radical (unpaired) electrons. The van der Waals surface area contributed by atoms with Crippen molar-refractivity contribution in [2.45, 2.75) is 47.5 Å². The summed E-state index contributed by atoms with van der Waals surface area (Å²) in [6.45, 7) is 10.4. The summed E-state index contributed by atoms with van der Waals surface area (Å²) in [5.74, 6) is -0.882. The van der Waals surface area contributed by atoms with Gasteiger partial charge in [-0.1, -0.05) is 26.8 Å². The zero-order valence-electron chi connectivity index (χ0n) is 16.9. The number of carbonyl (C=O) groups excluding carboxylic acids is 3. The number of hydrogen-bond donors (Lipinski definition) is 1. The van der Waals surface area contributed by atoms with E-state index in [1.54, 1.807) is 4.90 Å². The molecule has 6 nitrogen and oxygen atoms in total. The predicted octanol–water partition coefficient (Wildman–Crippen LogP) is 3.07. The SMILES string of the molecule is Cc1cc(C)cc(NC(=O)COC(=O)C2CCN(C(=O)C(C)(C)C)CC2)c1. The van der Waals surface area contributed by atoms with Crippen molar-refractivity contribution < 1.29 is 19.1 Å². The van der Waals surface area contributed by atoms with Gasteiger partial charge in [0.2, 0.25) is 5.91 Å². The number of aryl methyl sites for hydroxylation is 2. The third-order valence-electron chi connectivity index (χ3n) is 4.61. The summed E-state index contributed by atoms with van der Waals surface area (Å²) in [5.41, 5.74) is 2.39. The summed E-state index contributed by atoms with van der Waals surface area (Å²) in [4.78, 5) is 38.4. The van der Waals surface area contributed by atoms with Crippen LogP contribution in [-0.4, -0.2) is 42.4 Å². The van der Waals surface area contributed by atoms with Crippen molar-refractivity contribution in [3.63, 3.8) is 0 Å². The van der Waals surface area contributed by atoms with Gasteiger partial charge in [0.25, 0.3) is 5.91 Å². The number of nitrogens with one attached hydrogen (secondary N) is 1. The molecule has 0 atom stereocenters. The number of ether oxygens (including phenoxy) is 1. The number of likely N-dealkylation sites (tertiary alicyclic amines) is 1. The van der Waals surface area contributed by atoms with Crippen LogP contribution in [0.4, 0.5) is 5.69 Å². The fourth-order valence-corrected chi connectivity index (χ4v) is 3.29. The molecule has 1 aromatic rings. The minimum atomic E-state index is -0.417. The number of hydrogen-bond acceptors (Lipinski definition) is 4. The zero-order chi connectivity index (χ0) is 20.2. The van der Waals surface area contributed by atoms with Crippen LogP contribution in [0.15, 0.2) is 18.2 Å². The molecule has 148 valence electrons. The van der Waals surface area contributed by atoms with Crippen molar-refractivity contribution in [3.05, 3.63) is 29.3 Å². The average molecular weight is 374 g/mol. The highest BCUT2D eigenvalue weighted by atomic mass is 16.5. The topological polar surface area (TPSA) is 75.7 Å². The van der Waals surface area contributed by atoms with Crippen LogP contribution >= 0.6 is 0 Å². The van der Waals surface area contributed by atoms with E-state index in [4.69, 9.17) is 4.74 Å². The fourth-order valence-electron chi connectivity index (χ4n) is 3.29. The second-order valence-corrected chi connectivity index (χ2v) is 8.35. The van der Waals surface area contributed by atoms with E-state index in [1.165, 1.54) is 0 Å². The van der Waals surface area contributed by atoms with Crippen LogP contribution < -0.4 is 5.32 Å². The molecule has 0 spiro atoms. The highest BCUT2D eigenvalue weighted by Crippen LogP contribution is 2.24. The molecule has 0 unspecified atom stereocenters. The van der Waals surface area contributed by atoms with E-state index in [9.17, 15) is 14.4 Å². The Balaban J connectivity index is 1.78. The monoisotopic (exact) mass is 374 g/mol. The van der Waals surface area contributed by atoms with E-state index in [0.717, 1.165) is 11.1 Å². The minimum absolute atomic E-state index is 0.0992. The second-order valence-electron chi connectivity index (χ2n) is 8.35. The van der Waals surface area contributed by atoms with Crippen LogP contribution in [0.2, 0.25) is 0 Å². The molecule has 0 aromatic heterocycles. The highest BCUT2D eigenvalue weighted by Gasteiger charge is 2.33. The molecule has 1 N–H and O–H groups in total. The second kappa shape index (κ2) is 8.55. The largest absolute Gasteiger partial charge is 0.455 e. The smallest absolute Gasteiger partial charge is 0.309 e. The maximum Gasteiger partial charge on any atom is 0.309 e. The third kappa shape index (κ3) is 6.08. The molecule has 2 rings (SSSR count). The van der Waals surface area contributed by atoms with Crippen LogP contribution in [0.1, 0.15) is 44.7 Å². The van der Waals surface area contributed by atoms with E-state index < -0.39 is 5.41 Å². The zero-order valence-corrected chi connectivity index (χ0v) is 16.9. The molecule has 1 heterocycles. The standard InChI is InChI=1S/C21H30N2O4/c1-14-10-15(2)12-17(11-14)22-18(24)13-27-19(25)16-6-8-23(9-7-16)20(26)21(3,4)5/h10-12,16H,6-9,13H2,1-5H3,(H,22,24). The molecule has 1 aromatic carbocycles. The first-order valence-corrected chi connectivity index (χ1v) is 9.40. The first kappa shape index (κ1) is 20.9. The molecule has 1 saturated heterocycles. The van der Waals surface area contributed by atoms with Crippen LogP contribution in [0.3, 0.4) is 0 Å². The van der Waals surface area contributed by atoms with Crippen LogP contribution in [0, 0.1) is 25.2 Å². The summed E-state index contributed by atoms with van der Waals surface area (Å²) in [6, 6.07) is 5.76. The van der Waals surface area contributed by atoms with E-state index in [-0.39, 0.29) is 30.3 Å². The van der Waals surface area contributed by atoms with E-state index in [0.29, 0.717) is 31.6 Å². The molecule has 1 fully saturated rings.